The molecule has 3 nitrogen and oxygen atoms in total. The Hall–Kier alpha value is -0.560. The average Bonchev–Trinajstić information content (AvgIpc) is 2.66. The molecular formula is C14H15BrIN3. The molecule has 0 fully saturated rings. The zero-order valence-electron chi connectivity index (χ0n) is 10.7. The van der Waals surface area contributed by atoms with Crippen LogP contribution in [0.1, 0.15) is 29.3 Å². The Bertz CT molecular complexity index is 636. The van der Waals surface area contributed by atoms with Crippen LogP contribution in [0.5, 0.6) is 0 Å². The molecular weight excluding hydrogens is 417 g/mol. The summed E-state index contributed by atoms with van der Waals surface area (Å²) < 4.78 is 4.26. The van der Waals surface area contributed by atoms with E-state index >= 15 is 0 Å². The highest BCUT2D eigenvalue weighted by Gasteiger charge is 2.23. The van der Waals surface area contributed by atoms with Gasteiger partial charge >= 0.3 is 0 Å². The van der Waals surface area contributed by atoms with Gasteiger partial charge in [-0.05, 0) is 72.0 Å². The van der Waals surface area contributed by atoms with Crippen molar-refractivity contribution in [1.82, 2.24) is 9.78 Å². The molecule has 100 valence electrons. The molecule has 1 atom stereocenters. The first-order valence-electron chi connectivity index (χ1n) is 6.33. The summed E-state index contributed by atoms with van der Waals surface area (Å²) in [5.41, 5.74) is 10.1. The number of aromatic nitrogens is 2. The van der Waals surface area contributed by atoms with E-state index in [0.29, 0.717) is 6.04 Å². The molecule has 0 bridgehead atoms. The van der Waals surface area contributed by atoms with Crippen LogP contribution < -0.4 is 5.73 Å². The zero-order valence-corrected chi connectivity index (χ0v) is 14.4. The average molecular weight is 432 g/mol. The largest absolute Gasteiger partial charge is 0.383 e. The van der Waals surface area contributed by atoms with Gasteiger partial charge in [0.25, 0.3) is 0 Å². The minimum absolute atomic E-state index is 0.385. The van der Waals surface area contributed by atoms with Crippen molar-refractivity contribution < 1.29 is 0 Å². The van der Waals surface area contributed by atoms with E-state index in [0.717, 1.165) is 38.8 Å². The fourth-order valence-corrected chi connectivity index (χ4v) is 3.50. The van der Waals surface area contributed by atoms with Gasteiger partial charge in [0.1, 0.15) is 5.82 Å². The topological polar surface area (TPSA) is 43.8 Å². The van der Waals surface area contributed by atoms with Crippen LogP contribution in [0.25, 0.3) is 0 Å². The molecule has 2 N–H and O–H groups in total. The summed E-state index contributed by atoms with van der Waals surface area (Å²) in [5, 5.41) is 4.60. The molecule has 1 aliphatic carbocycles. The molecule has 19 heavy (non-hydrogen) atoms. The third kappa shape index (κ3) is 2.42. The summed E-state index contributed by atoms with van der Waals surface area (Å²) in [6.07, 6.45) is 3.21. The second-order valence-electron chi connectivity index (χ2n) is 5.04. The summed E-state index contributed by atoms with van der Waals surface area (Å²) in [5.74, 6) is 0.809. The van der Waals surface area contributed by atoms with E-state index in [9.17, 15) is 0 Å². The Morgan fingerprint density at radius 1 is 1.42 bits per heavy atom. The van der Waals surface area contributed by atoms with Gasteiger partial charge in [0, 0.05) is 4.47 Å². The Morgan fingerprint density at radius 2 is 2.21 bits per heavy atom. The van der Waals surface area contributed by atoms with Crippen LogP contribution >= 0.6 is 38.5 Å². The van der Waals surface area contributed by atoms with Crippen LogP contribution in [0.4, 0.5) is 5.82 Å². The lowest BCUT2D eigenvalue weighted by Crippen LogP contribution is -2.21. The summed E-state index contributed by atoms with van der Waals surface area (Å²) >= 11 is 5.81. The predicted octanol–water partition coefficient (Wildman–Crippen LogP) is 3.87. The lowest BCUT2D eigenvalue weighted by molar-refractivity contribution is 0.409. The van der Waals surface area contributed by atoms with Crippen molar-refractivity contribution >= 4 is 44.3 Å². The maximum Gasteiger partial charge on any atom is 0.135 e. The van der Waals surface area contributed by atoms with E-state index in [4.69, 9.17) is 5.73 Å². The number of fused-ring (bicyclic) bond motifs is 1. The van der Waals surface area contributed by atoms with Crippen LogP contribution in [0.2, 0.25) is 0 Å². The van der Waals surface area contributed by atoms with Gasteiger partial charge in [-0.2, -0.15) is 5.10 Å². The smallest absolute Gasteiger partial charge is 0.135 e. The van der Waals surface area contributed by atoms with Gasteiger partial charge in [0.15, 0.2) is 0 Å². The minimum atomic E-state index is 0.385. The first-order valence-corrected chi connectivity index (χ1v) is 8.21. The molecule has 0 saturated heterocycles. The van der Waals surface area contributed by atoms with Crippen molar-refractivity contribution in [2.75, 3.05) is 5.73 Å². The van der Waals surface area contributed by atoms with Gasteiger partial charge in [0.2, 0.25) is 0 Å². The number of benzene rings is 1. The molecule has 1 heterocycles. The van der Waals surface area contributed by atoms with E-state index < -0.39 is 0 Å². The number of anilines is 1. The van der Waals surface area contributed by atoms with Crippen LogP contribution in [-0.4, -0.2) is 9.78 Å². The number of halogens is 2. The number of aryl methyl sites for hydroxylation is 2. The van der Waals surface area contributed by atoms with Crippen molar-refractivity contribution in [2.45, 2.75) is 32.2 Å². The number of hydrogen-bond donors (Lipinski definition) is 1. The van der Waals surface area contributed by atoms with E-state index in [1.807, 2.05) is 11.6 Å². The van der Waals surface area contributed by atoms with Gasteiger partial charge < -0.3 is 5.73 Å². The highest BCUT2D eigenvalue weighted by Crippen LogP contribution is 2.33. The summed E-state index contributed by atoms with van der Waals surface area (Å²) in [4.78, 5) is 0. The zero-order chi connectivity index (χ0) is 13.6. The SMILES string of the molecule is Cc1nn(C2CCc3cc(Br)ccc3C2)c(N)c1I. The fraction of sp³-hybridized carbons (Fsp3) is 0.357. The van der Waals surface area contributed by atoms with E-state index in [2.05, 4.69) is 61.8 Å². The molecule has 5 heteroatoms. The van der Waals surface area contributed by atoms with Crippen molar-refractivity contribution in [3.8, 4) is 0 Å². The first kappa shape index (κ1) is 13.4. The molecule has 1 aromatic heterocycles. The van der Waals surface area contributed by atoms with Crippen molar-refractivity contribution in [2.24, 2.45) is 0 Å². The second-order valence-corrected chi connectivity index (χ2v) is 7.03. The Morgan fingerprint density at radius 3 is 2.89 bits per heavy atom. The third-order valence-electron chi connectivity index (χ3n) is 3.76. The van der Waals surface area contributed by atoms with E-state index in [-0.39, 0.29) is 0 Å². The molecule has 1 aromatic carbocycles. The third-order valence-corrected chi connectivity index (χ3v) is 5.59. The number of rotatable bonds is 1. The standard InChI is InChI=1S/C14H15BrIN3/c1-8-13(16)14(17)19(18-8)12-5-3-9-6-11(15)4-2-10(9)7-12/h2,4,6,12H,3,5,7,17H2,1H3. The van der Waals surface area contributed by atoms with E-state index in [1.165, 1.54) is 11.1 Å². The maximum absolute atomic E-state index is 6.16. The molecule has 0 aliphatic heterocycles. The van der Waals surface area contributed by atoms with Crippen molar-refractivity contribution in [3.05, 3.63) is 43.1 Å². The van der Waals surface area contributed by atoms with Gasteiger partial charge in [-0.15, -0.1) is 0 Å². The lowest BCUT2D eigenvalue weighted by atomic mass is 9.88. The highest BCUT2D eigenvalue weighted by atomic mass is 127. The van der Waals surface area contributed by atoms with Gasteiger partial charge in [-0.25, -0.2) is 4.68 Å². The molecule has 3 rings (SSSR count). The number of nitrogen functional groups attached to an aromatic ring is 1. The highest BCUT2D eigenvalue weighted by molar-refractivity contribution is 14.1. The van der Waals surface area contributed by atoms with Crippen LogP contribution in [0, 0.1) is 10.5 Å². The normalized spacial score (nSPS) is 18.4. The van der Waals surface area contributed by atoms with Gasteiger partial charge in [0.05, 0.1) is 15.3 Å². The molecule has 0 saturated carbocycles. The quantitative estimate of drug-likeness (QED) is 0.696. The molecule has 1 unspecified atom stereocenters. The van der Waals surface area contributed by atoms with Crippen LogP contribution in [-0.2, 0) is 12.8 Å². The minimum Gasteiger partial charge on any atom is -0.383 e. The number of hydrogen-bond acceptors (Lipinski definition) is 2. The first-order chi connectivity index (χ1) is 9.06. The molecule has 0 spiro atoms. The summed E-state index contributed by atoms with van der Waals surface area (Å²) in [7, 11) is 0. The maximum atomic E-state index is 6.16. The monoisotopic (exact) mass is 431 g/mol. The summed E-state index contributed by atoms with van der Waals surface area (Å²) in [6.45, 7) is 2.02. The Balaban J connectivity index is 1.93. The number of nitrogens with zero attached hydrogens (tertiary/aromatic N) is 2. The van der Waals surface area contributed by atoms with Crippen molar-refractivity contribution in [1.29, 1.82) is 0 Å². The molecule has 0 radical (unpaired) electrons. The molecule has 2 aromatic rings. The molecule has 1 aliphatic rings. The van der Waals surface area contributed by atoms with Crippen LogP contribution in [0.15, 0.2) is 22.7 Å². The van der Waals surface area contributed by atoms with Crippen molar-refractivity contribution in [3.63, 3.8) is 0 Å². The lowest BCUT2D eigenvalue weighted by Gasteiger charge is -2.25. The van der Waals surface area contributed by atoms with Crippen LogP contribution in [0.3, 0.4) is 0 Å². The van der Waals surface area contributed by atoms with Gasteiger partial charge in [-0.3, -0.25) is 0 Å². The second kappa shape index (κ2) is 5.09. The van der Waals surface area contributed by atoms with Gasteiger partial charge in [-0.1, -0.05) is 22.0 Å². The molecule has 0 amide bonds. The predicted molar refractivity (Wildman–Crippen MR) is 89.3 cm³/mol. The Kier molecular flexibility index (Phi) is 3.59. The Labute approximate surface area is 134 Å². The van der Waals surface area contributed by atoms with E-state index in [1.54, 1.807) is 0 Å². The summed E-state index contributed by atoms with van der Waals surface area (Å²) in [6, 6.07) is 6.94. The number of nitrogens with two attached hydrogens (primary N) is 1. The fourth-order valence-electron chi connectivity index (χ4n) is 2.74.